The van der Waals surface area contributed by atoms with Crippen molar-refractivity contribution in [2.24, 2.45) is 10.2 Å². The molecule has 9 heteroatoms. The highest BCUT2D eigenvalue weighted by atomic mass is 19.4. The molecule has 0 saturated heterocycles. The number of hydrogen-bond donors (Lipinski definition) is 1. The highest BCUT2D eigenvalue weighted by molar-refractivity contribution is 6.19. The first-order chi connectivity index (χ1) is 6.36. The average Bonchev–Trinajstić information content (AvgIpc) is 2.01. The van der Waals surface area contributed by atoms with Crippen LogP contribution in [-0.2, 0) is 9.59 Å². The second-order valence-corrected chi connectivity index (χ2v) is 2.29. The Morgan fingerprint density at radius 2 is 1.93 bits per heavy atom. The number of halogens is 3. The Balaban J connectivity index is 3.02. The van der Waals surface area contributed by atoms with Gasteiger partial charge in [-0.25, -0.2) is 0 Å². The fraction of sp³-hybridized carbons (Fsp3) is 0.400. The highest BCUT2D eigenvalue weighted by Crippen LogP contribution is 2.18. The SMILES string of the molecule is O=NC1C(=O)N=C(C(F)(F)F)NC1=O. The summed E-state index contributed by atoms with van der Waals surface area (Å²) in [7, 11) is 0. The van der Waals surface area contributed by atoms with Crippen LogP contribution in [0.4, 0.5) is 13.2 Å². The van der Waals surface area contributed by atoms with E-state index in [4.69, 9.17) is 0 Å². The highest BCUT2D eigenvalue weighted by Gasteiger charge is 2.44. The van der Waals surface area contributed by atoms with Crippen LogP contribution in [0.25, 0.3) is 0 Å². The number of rotatable bonds is 1. The van der Waals surface area contributed by atoms with Crippen molar-refractivity contribution >= 4 is 17.6 Å². The third-order valence-electron chi connectivity index (χ3n) is 1.32. The maximum absolute atomic E-state index is 11.9. The minimum atomic E-state index is -4.93. The van der Waals surface area contributed by atoms with E-state index in [1.165, 1.54) is 5.32 Å². The van der Waals surface area contributed by atoms with Crippen molar-refractivity contribution in [3.05, 3.63) is 4.91 Å². The molecule has 6 nitrogen and oxygen atoms in total. The Kier molecular flexibility index (Phi) is 2.32. The van der Waals surface area contributed by atoms with E-state index in [1.807, 2.05) is 5.18 Å². The number of nitroso groups, excluding NO2 is 1. The van der Waals surface area contributed by atoms with E-state index in [9.17, 15) is 27.7 Å². The number of carbonyl (C=O) groups excluding carboxylic acids is 2. The third-order valence-corrected chi connectivity index (χ3v) is 1.32. The molecule has 0 aromatic carbocycles. The zero-order valence-corrected chi connectivity index (χ0v) is 6.33. The van der Waals surface area contributed by atoms with Gasteiger partial charge in [0.05, 0.1) is 0 Å². The van der Waals surface area contributed by atoms with Gasteiger partial charge in [-0.1, -0.05) is 0 Å². The standard InChI is InChI=1S/C5H2F3N3O3/c6-5(7,8)4-9-2(12)1(11-14)3(13)10-4/h1H,(H,9,10,12,13). The zero-order valence-electron chi connectivity index (χ0n) is 6.33. The molecule has 1 atom stereocenters. The number of alkyl halides is 3. The molecule has 76 valence electrons. The molecule has 0 radical (unpaired) electrons. The number of nitrogens with one attached hydrogen (secondary N) is 1. The molecule has 1 rings (SSSR count). The first-order valence-corrected chi connectivity index (χ1v) is 3.19. The molecule has 14 heavy (non-hydrogen) atoms. The van der Waals surface area contributed by atoms with Gasteiger partial charge >= 0.3 is 6.18 Å². The van der Waals surface area contributed by atoms with Crippen molar-refractivity contribution in [2.45, 2.75) is 12.2 Å². The van der Waals surface area contributed by atoms with Crippen LogP contribution in [0.2, 0.25) is 0 Å². The van der Waals surface area contributed by atoms with Crippen LogP contribution in [0.1, 0.15) is 0 Å². The van der Waals surface area contributed by atoms with Crippen molar-refractivity contribution in [1.29, 1.82) is 0 Å². The molecule has 0 aromatic rings. The van der Waals surface area contributed by atoms with E-state index in [0.29, 0.717) is 0 Å². The largest absolute Gasteiger partial charge is 0.449 e. The van der Waals surface area contributed by atoms with E-state index >= 15 is 0 Å². The van der Waals surface area contributed by atoms with Gasteiger partial charge in [-0.15, -0.1) is 4.91 Å². The predicted octanol–water partition coefficient (Wildman–Crippen LogP) is -0.261. The molecule has 0 aliphatic carbocycles. The molecule has 1 aliphatic heterocycles. The minimum Gasteiger partial charge on any atom is -0.304 e. The number of amides is 2. The summed E-state index contributed by atoms with van der Waals surface area (Å²) in [6, 6.07) is -2.03. The lowest BCUT2D eigenvalue weighted by Gasteiger charge is -2.16. The maximum atomic E-state index is 11.9. The summed E-state index contributed by atoms with van der Waals surface area (Å²) >= 11 is 0. The Hall–Kier alpha value is -1.80. The van der Waals surface area contributed by atoms with Gasteiger partial charge in [0.2, 0.25) is 5.84 Å². The lowest BCUT2D eigenvalue weighted by atomic mass is 10.2. The first-order valence-electron chi connectivity index (χ1n) is 3.19. The number of aliphatic imine (C=N–C) groups is 1. The normalized spacial score (nSPS) is 22.8. The van der Waals surface area contributed by atoms with Gasteiger partial charge < -0.3 is 5.32 Å². The van der Waals surface area contributed by atoms with Gasteiger partial charge in [-0.05, 0) is 5.18 Å². The van der Waals surface area contributed by atoms with Gasteiger partial charge in [0.15, 0.2) is 0 Å². The summed E-state index contributed by atoms with van der Waals surface area (Å²) in [4.78, 5) is 33.7. The summed E-state index contributed by atoms with van der Waals surface area (Å²) in [6.07, 6.45) is -4.93. The van der Waals surface area contributed by atoms with Crippen LogP contribution >= 0.6 is 0 Å². The summed E-state index contributed by atoms with van der Waals surface area (Å²) in [5.41, 5.74) is 0. The van der Waals surface area contributed by atoms with Crippen LogP contribution in [-0.4, -0.2) is 29.9 Å². The third kappa shape index (κ3) is 1.75. The smallest absolute Gasteiger partial charge is 0.304 e. The van der Waals surface area contributed by atoms with Crippen LogP contribution < -0.4 is 5.32 Å². The lowest BCUT2D eigenvalue weighted by molar-refractivity contribution is -0.131. The van der Waals surface area contributed by atoms with E-state index < -0.39 is 29.9 Å². The van der Waals surface area contributed by atoms with Crippen LogP contribution in [0.15, 0.2) is 10.2 Å². The summed E-state index contributed by atoms with van der Waals surface area (Å²) in [6.45, 7) is 0. The molecule has 0 spiro atoms. The van der Waals surface area contributed by atoms with Crippen LogP contribution in [0.3, 0.4) is 0 Å². The van der Waals surface area contributed by atoms with E-state index in [0.717, 1.165) is 0 Å². The second-order valence-electron chi connectivity index (χ2n) is 2.29. The number of nitrogens with zero attached hydrogens (tertiary/aromatic N) is 2. The average molecular weight is 209 g/mol. The molecule has 1 unspecified atom stereocenters. The molecule has 1 N–H and O–H groups in total. The van der Waals surface area contributed by atoms with E-state index in [2.05, 4.69) is 4.99 Å². The molecule has 0 fully saturated rings. The lowest BCUT2D eigenvalue weighted by Crippen LogP contribution is -2.51. The summed E-state index contributed by atoms with van der Waals surface area (Å²) in [5.74, 6) is -4.67. The summed E-state index contributed by atoms with van der Waals surface area (Å²) < 4.78 is 35.7. The van der Waals surface area contributed by atoms with Gasteiger partial charge in [-0.2, -0.15) is 18.2 Å². The predicted molar refractivity (Wildman–Crippen MR) is 36.2 cm³/mol. The Morgan fingerprint density at radius 1 is 1.36 bits per heavy atom. The maximum Gasteiger partial charge on any atom is 0.449 e. The monoisotopic (exact) mass is 209 g/mol. The fourth-order valence-electron chi connectivity index (χ4n) is 0.724. The van der Waals surface area contributed by atoms with Gasteiger partial charge in [-0.3, -0.25) is 9.59 Å². The van der Waals surface area contributed by atoms with Gasteiger partial charge in [0.1, 0.15) is 0 Å². The fourth-order valence-corrected chi connectivity index (χ4v) is 0.724. The molecule has 2 amide bonds. The summed E-state index contributed by atoms with van der Waals surface area (Å²) in [5, 5.41) is 3.30. The first kappa shape index (κ1) is 10.3. The molecule has 0 saturated carbocycles. The number of amidine groups is 1. The molecule has 0 bridgehead atoms. The second kappa shape index (κ2) is 3.16. The number of carbonyl (C=O) groups is 2. The Bertz CT molecular complexity index is 335. The van der Waals surface area contributed by atoms with Crippen LogP contribution in [0, 0.1) is 4.91 Å². The van der Waals surface area contributed by atoms with Crippen molar-refractivity contribution in [3.63, 3.8) is 0 Å². The molecule has 1 heterocycles. The van der Waals surface area contributed by atoms with Crippen molar-refractivity contribution in [3.8, 4) is 0 Å². The quantitative estimate of drug-likeness (QED) is 0.476. The Labute approximate surface area is 74.2 Å². The molecule has 0 aromatic heterocycles. The van der Waals surface area contributed by atoms with E-state index in [1.54, 1.807) is 0 Å². The number of hydrogen-bond acceptors (Lipinski definition) is 4. The Morgan fingerprint density at radius 3 is 2.29 bits per heavy atom. The molecule has 1 aliphatic rings. The van der Waals surface area contributed by atoms with Crippen LogP contribution in [0.5, 0.6) is 0 Å². The minimum absolute atomic E-state index is 1.26. The van der Waals surface area contributed by atoms with Crippen molar-refractivity contribution < 1.29 is 22.8 Å². The topological polar surface area (TPSA) is 88.0 Å². The molecular formula is C5H2F3N3O3. The van der Waals surface area contributed by atoms with Gasteiger partial charge in [0, 0.05) is 0 Å². The van der Waals surface area contributed by atoms with Gasteiger partial charge in [0.25, 0.3) is 17.9 Å². The van der Waals surface area contributed by atoms with Crippen molar-refractivity contribution in [1.82, 2.24) is 5.32 Å². The zero-order chi connectivity index (χ0) is 10.9. The molecular weight excluding hydrogens is 207 g/mol. The van der Waals surface area contributed by atoms with E-state index in [-0.39, 0.29) is 0 Å². The van der Waals surface area contributed by atoms with Crippen molar-refractivity contribution in [2.75, 3.05) is 0 Å².